The van der Waals surface area contributed by atoms with Crippen molar-refractivity contribution in [3.8, 4) is 0 Å². The summed E-state index contributed by atoms with van der Waals surface area (Å²) in [4.78, 5) is 0. The number of hydrogen-bond acceptors (Lipinski definition) is 1. The summed E-state index contributed by atoms with van der Waals surface area (Å²) < 4.78 is 0. The average Bonchev–Trinajstić information content (AvgIpc) is 2.83. The van der Waals surface area contributed by atoms with E-state index in [0.29, 0.717) is 0 Å². The number of para-hydroxylation sites is 1. The van der Waals surface area contributed by atoms with Crippen LogP contribution in [0.1, 0.15) is 30.0 Å². The molecule has 4 aromatic rings. The highest BCUT2D eigenvalue weighted by atomic mass is 14.8. The first-order valence-corrected chi connectivity index (χ1v) is 11.3. The van der Waals surface area contributed by atoms with Crippen LogP contribution in [0.25, 0.3) is 10.8 Å². The van der Waals surface area contributed by atoms with Crippen LogP contribution in [0.2, 0.25) is 0 Å². The third-order valence-electron chi connectivity index (χ3n) is 6.46. The second-order valence-electron chi connectivity index (χ2n) is 8.67. The zero-order valence-corrected chi connectivity index (χ0v) is 19.0. The summed E-state index contributed by atoms with van der Waals surface area (Å²) >= 11 is 0. The molecular formula is C31H31N. The average molecular weight is 418 g/mol. The number of hydrogen-bond donors (Lipinski definition) is 1. The SMILES string of the molecule is C=C(C=CNc1ccccc1)C(C)(CCc1ccccc1)c1c(C)ccc2ccccc12. The van der Waals surface area contributed by atoms with Gasteiger partial charge in [0.2, 0.25) is 0 Å². The van der Waals surface area contributed by atoms with Crippen LogP contribution in [0, 0.1) is 6.92 Å². The molecule has 1 heteroatoms. The lowest BCUT2D eigenvalue weighted by Gasteiger charge is -2.34. The van der Waals surface area contributed by atoms with Crippen molar-refractivity contribution >= 4 is 16.5 Å². The fourth-order valence-corrected chi connectivity index (χ4v) is 4.55. The van der Waals surface area contributed by atoms with Crippen LogP contribution in [-0.4, -0.2) is 0 Å². The van der Waals surface area contributed by atoms with Gasteiger partial charge in [-0.2, -0.15) is 0 Å². The number of fused-ring (bicyclic) bond motifs is 1. The Balaban J connectivity index is 1.71. The van der Waals surface area contributed by atoms with Crippen molar-refractivity contribution in [2.75, 3.05) is 5.32 Å². The normalized spacial score (nSPS) is 13.2. The largest absolute Gasteiger partial charge is 0.362 e. The first-order chi connectivity index (χ1) is 15.6. The van der Waals surface area contributed by atoms with Crippen molar-refractivity contribution in [3.05, 3.63) is 138 Å². The first-order valence-electron chi connectivity index (χ1n) is 11.3. The second-order valence-corrected chi connectivity index (χ2v) is 8.67. The molecule has 160 valence electrons. The van der Waals surface area contributed by atoms with Crippen molar-refractivity contribution in [3.63, 3.8) is 0 Å². The molecule has 0 amide bonds. The minimum atomic E-state index is -0.199. The Kier molecular flexibility index (Phi) is 6.56. The number of anilines is 1. The van der Waals surface area contributed by atoms with Crippen LogP contribution < -0.4 is 5.32 Å². The summed E-state index contributed by atoms with van der Waals surface area (Å²) in [6.45, 7) is 9.14. The number of allylic oxidation sites excluding steroid dienone is 2. The van der Waals surface area contributed by atoms with Gasteiger partial charge in [-0.25, -0.2) is 0 Å². The molecule has 0 saturated carbocycles. The van der Waals surface area contributed by atoms with Gasteiger partial charge >= 0.3 is 0 Å². The summed E-state index contributed by atoms with van der Waals surface area (Å²) in [5, 5.41) is 5.97. The summed E-state index contributed by atoms with van der Waals surface area (Å²) in [6, 6.07) is 34.1. The molecule has 32 heavy (non-hydrogen) atoms. The molecule has 0 aliphatic carbocycles. The summed E-state index contributed by atoms with van der Waals surface area (Å²) in [6.07, 6.45) is 6.14. The minimum absolute atomic E-state index is 0.199. The maximum Gasteiger partial charge on any atom is 0.0379 e. The molecule has 4 rings (SSSR count). The quantitative estimate of drug-likeness (QED) is 0.285. The van der Waals surface area contributed by atoms with Crippen LogP contribution >= 0.6 is 0 Å². The van der Waals surface area contributed by atoms with E-state index < -0.39 is 0 Å². The van der Waals surface area contributed by atoms with Gasteiger partial charge in [0.25, 0.3) is 0 Å². The zero-order valence-electron chi connectivity index (χ0n) is 19.0. The Morgan fingerprint density at radius 1 is 0.844 bits per heavy atom. The summed E-state index contributed by atoms with van der Waals surface area (Å²) in [7, 11) is 0. The van der Waals surface area contributed by atoms with Gasteiger partial charge < -0.3 is 5.32 Å². The number of rotatable bonds is 8. The van der Waals surface area contributed by atoms with E-state index >= 15 is 0 Å². The molecule has 1 nitrogen and oxygen atoms in total. The zero-order chi connectivity index (χ0) is 22.4. The standard InChI is InChI=1S/C31H31N/c1-24-18-19-27-14-10-11-17-29(27)30(24)31(3,22-20-26-12-6-4-7-13-26)25(2)21-23-32-28-15-8-5-9-16-28/h4-19,21,23,32H,2,20,22H2,1,3H3. The molecule has 1 N–H and O–H groups in total. The van der Waals surface area contributed by atoms with Crippen molar-refractivity contribution in [2.24, 2.45) is 0 Å². The molecule has 0 bridgehead atoms. The summed E-state index contributed by atoms with van der Waals surface area (Å²) in [5.41, 5.74) is 6.03. The molecule has 0 radical (unpaired) electrons. The van der Waals surface area contributed by atoms with E-state index in [1.807, 2.05) is 24.4 Å². The number of benzene rings is 4. The van der Waals surface area contributed by atoms with Gasteiger partial charge in [0.15, 0.2) is 0 Å². The van der Waals surface area contributed by atoms with E-state index in [1.54, 1.807) is 0 Å². The maximum absolute atomic E-state index is 4.57. The van der Waals surface area contributed by atoms with Gasteiger partial charge in [-0.05, 0) is 71.0 Å². The van der Waals surface area contributed by atoms with Gasteiger partial charge in [-0.1, -0.05) is 98.4 Å². The lowest BCUT2D eigenvalue weighted by Crippen LogP contribution is -2.26. The first kappa shape index (κ1) is 21.6. The molecule has 1 atom stereocenters. The Morgan fingerprint density at radius 2 is 1.50 bits per heavy atom. The fraction of sp³-hybridized carbons (Fsp3) is 0.161. The fourth-order valence-electron chi connectivity index (χ4n) is 4.55. The van der Waals surface area contributed by atoms with Crippen LogP contribution in [0.3, 0.4) is 0 Å². The third-order valence-corrected chi connectivity index (χ3v) is 6.46. The predicted molar refractivity (Wildman–Crippen MR) is 139 cm³/mol. The van der Waals surface area contributed by atoms with E-state index in [4.69, 9.17) is 0 Å². The highest BCUT2D eigenvalue weighted by molar-refractivity contribution is 5.88. The maximum atomic E-state index is 4.57. The Bertz CT molecular complexity index is 1220. The number of nitrogens with one attached hydrogen (secondary N) is 1. The van der Waals surface area contributed by atoms with E-state index in [9.17, 15) is 0 Å². The topological polar surface area (TPSA) is 12.0 Å². The highest BCUT2D eigenvalue weighted by Crippen LogP contribution is 2.42. The molecule has 0 fully saturated rings. The van der Waals surface area contributed by atoms with Crippen molar-refractivity contribution in [1.29, 1.82) is 0 Å². The molecule has 0 heterocycles. The van der Waals surface area contributed by atoms with Gasteiger partial charge in [-0.3, -0.25) is 0 Å². The van der Waals surface area contributed by atoms with Crippen molar-refractivity contribution < 1.29 is 0 Å². The summed E-state index contributed by atoms with van der Waals surface area (Å²) in [5.74, 6) is 0. The Labute approximate surface area is 192 Å². The molecule has 0 spiro atoms. The van der Waals surface area contributed by atoms with Crippen LogP contribution in [-0.2, 0) is 11.8 Å². The van der Waals surface area contributed by atoms with Crippen LogP contribution in [0.4, 0.5) is 5.69 Å². The van der Waals surface area contributed by atoms with E-state index in [0.717, 1.165) is 24.1 Å². The van der Waals surface area contributed by atoms with E-state index in [-0.39, 0.29) is 5.41 Å². The monoisotopic (exact) mass is 417 g/mol. The predicted octanol–water partition coefficient (Wildman–Crippen LogP) is 8.22. The Morgan fingerprint density at radius 3 is 2.25 bits per heavy atom. The highest BCUT2D eigenvalue weighted by Gasteiger charge is 2.31. The van der Waals surface area contributed by atoms with Gasteiger partial charge in [-0.15, -0.1) is 0 Å². The van der Waals surface area contributed by atoms with Crippen LogP contribution in [0.15, 0.2) is 121 Å². The number of aryl methyl sites for hydroxylation is 2. The van der Waals surface area contributed by atoms with E-state index in [1.165, 1.54) is 27.5 Å². The minimum Gasteiger partial charge on any atom is -0.362 e. The lowest BCUT2D eigenvalue weighted by atomic mass is 9.69. The molecule has 0 aliphatic heterocycles. The Hall–Kier alpha value is -3.58. The van der Waals surface area contributed by atoms with Crippen LogP contribution in [0.5, 0.6) is 0 Å². The molecule has 0 aromatic heterocycles. The lowest BCUT2D eigenvalue weighted by molar-refractivity contribution is 0.521. The third kappa shape index (κ3) is 4.68. The molecular weight excluding hydrogens is 386 g/mol. The van der Waals surface area contributed by atoms with Gasteiger partial charge in [0, 0.05) is 17.3 Å². The smallest absolute Gasteiger partial charge is 0.0379 e. The molecule has 0 saturated heterocycles. The molecule has 4 aromatic carbocycles. The van der Waals surface area contributed by atoms with E-state index in [2.05, 4.69) is 111 Å². The van der Waals surface area contributed by atoms with Crippen molar-refractivity contribution in [1.82, 2.24) is 0 Å². The van der Waals surface area contributed by atoms with Crippen molar-refractivity contribution in [2.45, 2.75) is 32.1 Å². The van der Waals surface area contributed by atoms with Gasteiger partial charge in [0.1, 0.15) is 0 Å². The molecule has 0 aliphatic rings. The molecule has 1 unspecified atom stereocenters. The van der Waals surface area contributed by atoms with Gasteiger partial charge in [0.05, 0.1) is 0 Å². The second kappa shape index (κ2) is 9.70.